The third-order valence-corrected chi connectivity index (χ3v) is 4.81. The smallest absolute Gasteiger partial charge is 0.242 e. The molecule has 1 saturated heterocycles. The number of pyridine rings is 1. The summed E-state index contributed by atoms with van der Waals surface area (Å²) in [5.74, 6) is 0.150. The molecule has 2 rings (SSSR count). The van der Waals surface area contributed by atoms with Crippen LogP contribution < -0.4 is 5.43 Å². The number of hydrogen-bond donors (Lipinski definition) is 0. The van der Waals surface area contributed by atoms with Crippen molar-refractivity contribution >= 4 is 51.1 Å². The number of halogens is 2. The zero-order valence-corrected chi connectivity index (χ0v) is 14.9. The maximum Gasteiger partial charge on any atom is 0.242 e. The normalized spacial score (nSPS) is 16.2. The fourth-order valence-electron chi connectivity index (χ4n) is 2.23. The van der Waals surface area contributed by atoms with Gasteiger partial charge in [0.2, 0.25) is 11.3 Å². The Balaban J connectivity index is 2.08. The van der Waals surface area contributed by atoms with Gasteiger partial charge < -0.3 is 9.47 Å². The molecule has 0 N–H and O–H groups in total. The Hall–Kier alpha value is -0.120. The summed E-state index contributed by atoms with van der Waals surface area (Å²) in [4.78, 5) is 25.8. The van der Waals surface area contributed by atoms with Crippen LogP contribution in [-0.4, -0.2) is 28.5 Å². The van der Waals surface area contributed by atoms with E-state index in [1.54, 1.807) is 12.4 Å². The van der Waals surface area contributed by atoms with E-state index in [9.17, 15) is 9.59 Å². The lowest BCUT2D eigenvalue weighted by Crippen LogP contribution is -2.35. The molecule has 1 aromatic rings. The predicted octanol–water partition coefficient (Wildman–Crippen LogP) is 2.46. The van der Waals surface area contributed by atoms with Gasteiger partial charge in [0.25, 0.3) is 0 Å². The maximum absolute atomic E-state index is 12.2. The molecule has 1 aromatic heterocycles. The third-order valence-electron chi connectivity index (χ3n) is 3.27. The summed E-state index contributed by atoms with van der Waals surface area (Å²) in [7, 11) is 0. The Bertz CT molecular complexity index is 494. The molecule has 0 saturated carbocycles. The minimum atomic E-state index is 0.0414. The van der Waals surface area contributed by atoms with Gasteiger partial charge in [-0.15, -0.1) is 0 Å². The Kier molecular flexibility index (Phi) is 5.67. The van der Waals surface area contributed by atoms with E-state index in [4.69, 9.17) is 0 Å². The van der Waals surface area contributed by atoms with Gasteiger partial charge in [0.15, 0.2) is 0 Å². The van der Waals surface area contributed by atoms with E-state index in [0.29, 0.717) is 13.7 Å². The van der Waals surface area contributed by atoms with Gasteiger partial charge in [-0.25, -0.2) is 0 Å². The molecule has 0 unspecified atom stereocenters. The summed E-state index contributed by atoms with van der Waals surface area (Å²) in [5.41, 5.74) is 0.0414. The van der Waals surface area contributed by atoms with Crippen LogP contribution in [0.15, 0.2) is 17.2 Å². The number of amides is 1. The number of rotatable bonds is 2. The standard InChI is InChI=1S/C13H16I2N2O2/c14-10-7-16(8-11(15)13(10)19)9-12(18)17-5-3-1-2-4-6-17/h7-8H,1-6,9H2. The van der Waals surface area contributed by atoms with Gasteiger partial charge in [-0.3, -0.25) is 9.59 Å². The van der Waals surface area contributed by atoms with Crippen molar-refractivity contribution in [2.24, 2.45) is 0 Å². The van der Waals surface area contributed by atoms with Crippen LogP contribution in [-0.2, 0) is 11.3 Å². The minimum Gasteiger partial charge on any atom is -0.343 e. The molecule has 0 atom stereocenters. The zero-order chi connectivity index (χ0) is 13.8. The first kappa shape index (κ1) is 15.3. The minimum absolute atomic E-state index is 0.0414. The van der Waals surface area contributed by atoms with Crippen molar-refractivity contribution in [2.75, 3.05) is 13.1 Å². The maximum atomic E-state index is 12.2. The van der Waals surface area contributed by atoms with Crippen LogP contribution in [0.2, 0.25) is 0 Å². The van der Waals surface area contributed by atoms with Crippen molar-refractivity contribution in [2.45, 2.75) is 32.2 Å². The third kappa shape index (κ3) is 4.17. The molecular weight excluding hydrogens is 470 g/mol. The summed E-state index contributed by atoms with van der Waals surface area (Å²) in [6.45, 7) is 2.06. The van der Waals surface area contributed by atoms with E-state index in [1.165, 1.54) is 12.8 Å². The summed E-state index contributed by atoms with van der Waals surface area (Å²) < 4.78 is 3.14. The van der Waals surface area contributed by atoms with E-state index < -0.39 is 0 Å². The highest BCUT2D eigenvalue weighted by molar-refractivity contribution is 14.1. The average Bonchev–Trinajstić information content (AvgIpc) is 2.64. The van der Waals surface area contributed by atoms with Gasteiger partial charge >= 0.3 is 0 Å². The molecule has 0 aliphatic carbocycles. The fraction of sp³-hybridized carbons (Fsp3) is 0.538. The summed E-state index contributed by atoms with van der Waals surface area (Å²) >= 11 is 4.04. The van der Waals surface area contributed by atoms with Gasteiger partial charge in [-0.05, 0) is 58.0 Å². The second-order valence-corrected chi connectivity index (χ2v) is 7.07. The molecule has 2 heterocycles. The van der Waals surface area contributed by atoms with Crippen LogP contribution in [0, 0.1) is 7.14 Å². The summed E-state index contributed by atoms with van der Waals surface area (Å²) in [6, 6.07) is 0. The lowest BCUT2D eigenvalue weighted by Gasteiger charge is -2.21. The Morgan fingerprint density at radius 3 is 2.11 bits per heavy atom. The number of nitrogens with zero attached hydrogens (tertiary/aromatic N) is 2. The second-order valence-electron chi connectivity index (χ2n) is 4.75. The van der Waals surface area contributed by atoms with Crippen LogP contribution >= 0.6 is 45.2 Å². The SMILES string of the molecule is O=C(Cn1cc(I)c(=O)c(I)c1)N1CCCCCC1. The van der Waals surface area contributed by atoms with Crippen LogP contribution in [0.5, 0.6) is 0 Å². The van der Waals surface area contributed by atoms with Gasteiger partial charge in [-0.2, -0.15) is 0 Å². The number of likely N-dealkylation sites (tertiary alicyclic amines) is 1. The van der Waals surface area contributed by atoms with Crippen molar-refractivity contribution in [1.82, 2.24) is 9.47 Å². The fourth-order valence-corrected chi connectivity index (χ4v) is 4.04. The molecule has 0 radical (unpaired) electrons. The monoisotopic (exact) mass is 486 g/mol. The van der Waals surface area contributed by atoms with E-state index >= 15 is 0 Å². The van der Waals surface area contributed by atoms with Crippen molar-refractivity contribution < 1.29 is 4.79 Å². The van der Waals surface area contributed by atoms with Crippen molar-refractivity contribution in [3.8, 4) is 0 Å². The molecule has 6 heteroatoms. The highest BCUT2D eigenvalue weighted by Gasteiger charge is 2.16. The summed E-state index contributed by atoms with van der Waals surface area (Å²) in [6.07, 6.45) is 8.15. The molecule has 4 nitrogen and oxygen atoms in total. The van der Waals surface area contributed by atoms with E-state index in [1.807, 2.05) is 54.6 Å². The van der Waals surface area contributed by atoms with Gasteiger partial charge in [-0.1, -0.05) is 12.8 Å². The number of aromatic nitrogens is 1. The van der Waals surface area contributed by atoms with Crippen molar-refractivity contribution in [3.63, 3.8) is 0 Å². The molecule has 1 aliphatic rings. The van der Waals surface area contributed by atoms with Gasteiger partial charge in [0.05, 0.1) is 7.14 Å². The lowest BCUT2D eigenvalue weighted by atomic mass is 10.2. The molecule has 0 spiro atoms. The molecule has 104 valence electrons. The van der Waals surface area contributed by atoms with E-state index in [-0.39, 0.29) is 11.3 Å². The number of carbonyl (C=O) groups excluding carboxylic acids is 1. The molecular formula is C13H16I2N2O2. The zero-order valence-electron chi connectivity index (χ0n) is 10.6. The lowest BCUT2D eigenvalue weighted by molar-refractivity contribution is -0.131. The largest absolute Gasteiger partial charge is 0.343 e. The molecule has 1 amide bonds. The first-order valence-electron chi connectivity index (χ1n) is 6.41. The van der Waals surface area contributed by atoms with Crippen molar-refractivity contribution in [1.29, 1.82) is 0 Å². The predicted molar refractivity (Wildman–Crippen MR) is 91.2 cm³/mol. The van der Waals surface area contributed by atoms with E-state index in [0.717, 1.165) is 25.9 Å². The first-order chi connectivity index (χ1) is 9.08. The van der Waals surface area contributed by atoms with Crippen molar-refractivity contribution in [3.05, 3.63) is 29.8 Å². The Morgan fingerprint density at radius 1 is 1.05 bits per heavy atom. The molecule has 0 bridgehead atoms. The Morgan fingerprint density at radius 2 is 1.58 bits per heavy atom. The average molecular weight is 486 g/mol. The second kappa shape index (κ2) is 7.05. The Labute approximate surface area is 139 Å². The van der Waals surface area contributed by atoms with E-state index in [2.05, 4.69) is 0 Å². The first-order valence-corrected chi connectivity index (χ1v) is 8.56. The molecule has 0 aromatic carbocycles. The van der Waals surface area contributed by atoms with Crippen LogP contribution in [0.4, 0.5) is 0 Å². The van der Waals surface area contributed by atoms with Crippen LogP contribution in [0.3, 0.4) is 0 Å². The quantitative estimate of drug-likeness (QED) is 0.604. The van der Waals surface area contributed by atoms with Gasteiger partial charge in [0, 0.05) is 25.5 Å². The number of carbonyl (C=O) groups is 1. The summed E-state index contributed by atoms with van der Waals surface area (Å²) in [5, 5.41) is 0. The highest BCUT2D eigenvalue weighted by Crippen LogP contribution is 2.11. The van der Waals surface area contributed by atoms with Crippen LogP contribution in [0.1, 0.15) is 25.7 Å². The highest BCUT2D eigenvalue weighted by atomic mass is 127. The molecule has 1 aliphatic heterocycles. The number of hydrogen-bond acceptors (Lipinski definition) is 2. The molecule has 1 fully saturated rings. The molecule has 19 heavy (non-hydrogen) atoms. The van der Waals surface area contributed by atoms with Gasteiger partial charge in [0.1, 0.15) is 6.54 Å². The van der Waals surface area contributed by atoms with Crippen LogP contribution in [0.25, 0.3) is 0 Å². The topological polar surface area (TPSA) is 42.3 Å².